The van der Waals surface area contributed by atoms with Crippen molar-refractivity contribution in [3.63, 3.8) is 0 Å². The Bertz CT molecular complexity index is 1640. The summed E-state index contributed by atoms with van der Waals surface area (Å²) < 4.78 is 0.479. The number of likely N-dealkylation sites (tertiary alicyclic amines) is 3. The molecule has 0 spiro atoms. The fourth-order valence-corrected chi connectivity index (χ4v) is 7.48. The molecule has 13 heteroatoms. The Morgan fingerprint density at radius 1 is 1.07 bits per heavy atom. The third-order valence-corrected chi connectivity index (χ3v) is 9.79. The molecule has 1 aromatic heterocycles. The van der Waals surface area contributed by atoms with Gasteiger partial charge in [0.15, 0.2) is 5.01 Å². The van der Waals surface area contributed by atoms with Crippen LogP contribution in [0.2, 0.25) is 0 Å². The number of benzene rings is 2. The zero-order valence-electron chi connectivity index (χ0n) is 24.1. The number of hydrogen-bond donors (Lipinski definition) is 1. The molecule has 3 aliphatic rings. The maximum absolute atomic E-state index is 13.9. The number of fused-ring (bicyclic) bond motifs is 2. The van der Waals surface area contributed by atoms with Crippen LogP contribution in [0.3, 0.4) is 0 Å². The number of hydrogen-bond acceptors (Lipinski definition) is 8. The van der Waals surface area contributed by atoms with Gasteiger partial charge in [-0.3, -0.25) is 29.4 Å². The highest BCUT2D eigenvalue weighted by Gasteiger charge is 2.56. The van der Waals surface area contributed by atoms with Crippen LogP contribution in [0.5, 0.6) is 0 Å². The molecule has 3 aromatic rings. The Balaban J connectivity index is 1.17. The Hall–Kier alpha value is -4.39. The third kappa shape index (κ3) is 5.01. The first-order chi connectivity index (χ1) is 20.5. The number of carbonyl (C=O) groups is 4. The number of nitro groups is 1. The number of nitrogens with one attached hydrogen (secondary N) is 1. The Kier molecular flexibility index (Phi) is 7.36. The topological polar surface area (TPSA) is 146 Å². The van der Waals surface area contributed by atoms with E-state index < -0.39 is 34.9 Å². The molecular weight excluding hydrogens is 572 g/mol. The highest BCUT2D eigenvalue weighted by molar-refractivity contribution is 7.20. The van der Waals surface area contributed by atoms with Gasteiger partial charge in [-0.1, -0.05) is 32.9 Å². The lowest BCUT2D eigenvalue weighted by Gasteiger charge is -2.32. The lowest BCUT2D eigenvalue weighted by Crippen LogP contribution is -2.52. The molecule has 0 bridgehead atoms. The summed E-state index contributed by atoms with van der Waals surface area (Å²) in [5, 5.41) is 14.1. The van der Waals surface area contributed by atoms with Crippen LogP contribution in [0.25, 0.3) is 10.2 Å². The molecule has 5 amide bonds. The van der Waals surface area contributed by atoms with Crippen molar-refractivity contribution >= 4 is 56.7 Å². The summed E-state index contributed by atoms with van der Waals surface area (Å²) in [5.74, 6) is -1.40. The van der Waals surface area contributed by atoms with Gasteiger partial charge in [-0.25, -0.2) is 9.78 Å². The van der Waals surface area contributed by atoms with Crippen LogP contribution in [-0.4, -0.2) is 79.6 Å². The van der Waals surface area contributed by atoms with Crippen molar-refractivity contribution in [2.45, 2.75) is 64.1 Å². The monoisotopic (exact) mass is 604 g/mol. The van der Waals surface area contributed by atoms with Crippen molar-refractivity contribution in [1.82, 2.24) is 19.7 Å². The standard InChI is InChI=1S/C30H32N6O6S/c1-16(2)18-6-8-19(9-7-18)31-30(40)33-13-4-5-23(33)28(38)34-14-12-22-25(34)17(3)27(37)35(22)29(39)26-32-21-11-10-20(36(41)42)15-24(21)43-26/h6-11,15-17,22-23,25H,4-5,12-14H2,1-3H3,(H,31,40)/t17-,22-,23-,25+/m0/s1. The summed E-state index contributed by atoms with van der Waals surface area (Å²) in [7, 11) is 0. The number of non-ortho nitro benzene ring substituents is 1. The highest BCUT2D eigenvalue weighted by atomic mass is 32.1. The first-order valence-corrected chi connectivity index (χ1v) is 15.3. The lowest BCUT2D eigenvalue weighted by atomic mass is 10.0. The van der Waals surface area contributed by atoms with Gasteiger partial charge in [0.2, 0.25) is 11.8 Å². The van der Waals surface area contributed by atoms with Gasteiger partial charge in [0.25, 0.3) is 11.6 Å². The van der Waals surface area contributed by atoms with Crippen molar-refractivity contribution in [2.24, 2.45) is 5.92 Å². The molecule has 3 saturated heterocycles. The number of amides is 5. The zero-order chi connectivity index (χ0) is 30.6. The predicted molar refractivity (Wildman–Crippen MR) is 160 cm³/mol. The summed E-state index contributed by atoms with van der Waals surface area (Å²) in [6.07, 6.45) is 1.64. The van der Waals surface area contributed by atoms with Crippen molar-refractivity contribution in [3.8, 4) is 0 Å². The molecular formula is C30H32N6O6S. The van der Waals surface area contributed by atoms with E-state index in [2.05, 4.69) is 24.1 Å². The minimum atomic E-state index is -0.652. The van der Waals surface area contributed by atoms with Gasteiger partial charge >= 0.3 is 6.03 Å². The van der Waals surface area contributed by atoms with E-state index in [1.807, 2.05) is 24.3 Å². The van der Waals surface area contributed by atoms with Crippen LogP contribution >= 0.6 is 11.3 Å². The Morgan fingerprint density at radius 2 is 1.81 bits per heavy atom. The van der Waals surface area contributed by atoms with Crippen LogP contribution in [0, 0.1) is 16.0 Å². The molecule has 0 aliphatic carbocycles. The molecule has 43 heavy (non-hydrogen) atoms. The van der Waals surface area contributed by atoms with E-state index in [4.69, 9.17) is 0 Å². The summed E-state index contributed by atoms with van der Waals surface area (Å²) >= 11 is 1.00. The van der Waals surface area contributed by atoms with Crippen LogP contribution in [0.15, 0.2) is 42.5 Å². The van der Waals surface area contributed by atoms with Crippen molar-refractivity contribution in [1.29, 1.82) is 0 Å². The van der Waals surface area contributed by atoms with E-state index >= 15 is 0 Å². The molecule has 0 radical (unpaired) electrons. The van der Waals surface area contributed by atoms with E-state index in [1.165, 1.54) is 23.1 Å². The van der Waals surface area contributed by atoms with Crippen LogP contribution < -0.4 is 5.32 Å². The van der Waals surface area contributed by atoms with Gasteiger partial charge in [-0.2, -0.15) is 0 Å². The number of imide groups is 1. The average molecular weight is 605 g/mol. The van der Waals surface area contributed by atoms with E-state index in [-0.39, 0.29) is 28.5 Å². The minimum Gasteiger partial charge on any atom is -0.335 e. The molecule has 4 heterocycles. The quantitative estimate of drug-likeness (QED) is 0.254. The van der Waals surface area contributed by atoms with Gasteiger partial charge in [-0.05, 0) is 48.9 Å². The minimum absolute atomic E-state index is 0.0709. The van der Waals surface area contributed by atoms with Crippen LogP contribution in [0.4, 0.5) is 16.2 Å². The number of carbonyl (C=O) groups excluding carboxylic acids is 4. The van der Waals surface area contributed by atoms with Crippen molar-refractivity contribution < 1.29 is 24.1 Å². The number of aromatic nitrogens is 1. The van der Waals surface area contributed by atoms with Crippen LogP contribution in [-0.2, 0) is 9.59 Å². The van der Waals surface area contributed by atoms with E-state index in [1.54, 1.807) is 16.7 Å². The number of anilines is 1. The Labute approximate surface area is 251 Å². The average Bonchev–Trinajstić information content (AvgIpc) is 3.77. The molecule has 3 fully saturated rings. The molecule has 0 unspecified atom stereocenters. The Morgan fingerprint density at radius 3 is 2.51 bits per heavy atom. The molecule has 2 aromatic carbocycles. The SMILES string of the molecule is CC(C)c1ccc(NC(=O)N2CCC[C@H]2C(=O)N2CC[C@H]3[C@H]2[C@H](C)C(=O)N3C(=O)c2nc3ccc([N+](=O)[O-])cc3s2)cc1. The summed E-state index contributed by atoms with van der Waals surface area (Å²) in [6.45, 7) is 6.73. The third-order valence-electron chi connectivity index (χ3n) is 8.79. The number of nitro benzene ring substituents is 1. The maximum Gasteiger partial charge on any atom is 0.322 e. The van der Waals surface area contributed by atoms with Gasteiger partial charge in [0, 0.05) is 30.9 Å². The molecule has 12 nitrogen and oxygen atoms in total. The molecule has 1 N–H and O–H groups in total. The smallest absolute Gasteiger partial charge is 0.322 e. The number of nitrogens with zero attached hydrogens (tertiary/aromatic N) is 5. The molecule has 4 atom stereocenters. The fourth-order valence-electron chi connectivity index (χ4n) is 6.55. The molecule has 0 saturated carbocycles. The van der Waals surface area contributed by atoms with Gasteiger partial charge in [0.05, 0.1) is 33.1 Å². The van der Waals surface area contributed by atoms with Crippen LogP contribution in [0.1, 0.15) is 61.3 Å². The predicted octanol–water partition coefficient (Wildman–Crippen LogP) is 4.61. The van der Waals surface area contributed by atoms with Gasteiger partial charge in [0.1, 0.15) is 6.04 Å². The van der Waals surface area contributed by atoms with E-state index in [0.717, 1.165) is 16.9 Å². The maximum atomic E-state index is 13.9. The second-order valence-electron chi connectivity index (χ2n) is 11.7. The number of thiazole rings is 1. The molecule has 6 rings (SSSR count). The number of urea groups is 1. The second-order valence-corrected chi connectivity index (χ2v) is 12.7. The largest absolute Gasteiger partial charge is 0.335 e. The lowest BCUT2D eigenvalue weighted by molar-refractivity contribution is -0.384. The second kappa shape index (κ2) is 11.0. The number of rotatable bonds is 5. The van der Waals surface area contributed by atoms with Gasteiger partial charge in [-0.15, -0.1) is 11.3 Å². The van der Waals surface area contributed by atoms with E-state index in [9.17, 15) is 29.3 Å². The normalized spacial score (nSPS) is 23.3. The fraction of sp³-hybridized carbons (Fsp3) is 0.433. The molecule has 3 aliphatic heterocycles. The summed E-state index contributed by atoms with van der Waals surface area (Å²) in [4.78, 5) is 73.6. The first kappa shape index (κ1) is 28.7. The summed E-state index contributed by atoms with van der Waals surface area (Å²) in [6, 6.07) is 9.82. The van der Waals surface area contributed by atoms with Gasteiger partial charge < -0.3 is 15.1 Å². The first-order valence-electron chi connectivity index (χ1n) is 14.5. The van der Waals surface area contributed by atoms with Crippen molar-refractivity contribution in [2.75, 3.05) is 18.4 Å². The highest BCUT2D eigenvalue weighted by Crippen LogP contribution is 2.39. The molecule has 224 valence electrons. The van der Waals surface area contributed by atoms with E-state index in [0.29, 0.717) is 54.2 Å². The summed E-state index contributed by atoms with van der Waals surface area (Å²) in [5.41, 5.74) is 2.15. The zero-order valence-corrected chi connectivity index (χ0v) is 24.9. The van der Waals surface area contributed by atoms with Crippen molar-refractivity contribution in [3.05, 3.63) is 63.1 Å².